The molecular formula is C15H21N5. The van der Waals surface area contributed by atoms with E-state index in [0.29, 0.717) is 12.0 Å². The van der Waals surface area contributed by atoms with Crippen LogP contribution >= 0.6 is 0 Å². The number of hydrogen-bond acceptors (Lipinski definition) is 5. The highest BCUT2D eigenvalue weighted by Crippen LogP contribution is 2.19. The smallest absolute Gasteiger partial charge is 0.225 e. The summed E-state index contributed by atoms with van der Waals surface area (Å²) in [6.45, 7) is 7.11. The molecule has 0 aliphatic heterocycles. The van der Waals surface area contributed by atoms with E-state index >= 15 is 0 Å². The maximum absolute atomic E-state index is 4.55. The number of nitrogens with zero attached hydrogens (tertiary/aromatic N) is 3. The van der Waals surface area contributed by atoms with Crippen molar-refractivity contribution in [3.05, 3.63) is 30.5 Å². The van der Waals surface area contributed by atoms with Crippen LogP contribution < -0.4 is 10.6 Å². The largest absolute Gasteiger partial charge is 0.370 e. The molecule has 1 atom stereocenters. The van der Waals surface area contributed by atoms with Crippen molar-refractivity contribution < 1.29 is 0 Å². The van der Waals surface area contributed by atoms with Crippen LogP contribution in [0.4, 0.5) is 11.8 Å². The second-order valence-corrected chi connectivity index (χ2v) is 4.66. The van der Waals surface area contributed by atoms with Gasteiger partial charge in [0.05, 0.1) is 11.4 Å². The Balaban J connectivity index is 2.35. The third-order valence-corrected chi connectivity index (χ3v) is 3.00. The monoisotopic (exact) mass is 271 g/mol. The minimum atomic E-state index is 0.337. The Bertz CT molecular complexity index is 541. The van der Waals surface area contributed by atoms with Crippen molar-refractivity contribution in [1.82, 2.24) is 15.0 Å². The van der Waals surface area contributed by atoms with Crippen LogP contribution in [-0.4, -0.2) is 27.5 Å². The van der Waals surface area contributed by atoms with Gasteiger partial charge in [0.1, 0.15) is 5.82 Å². The lowest BCUT2D eigenvalue weighted by Crippen LogP contribution is -2.16. The number of aromatic nitrogens is 3. The van der Waals surface area contributed by atoms with Crippen molar-refractivity contribution in [3.8, 4) is 11.4 Å². The molecular weight excluding hydrogens is 250 g/mol. The summed E-state index contributed by atoms with van der Waals surface area (Å²) in [5.41, 5.74) is 1.67. The maximum Gasteiger partial charge on any atom is 0.225 e. The molecule has 0 aliphatic rings. The van der Waals surface area contributed by atoms with Gasteiger partial charge in [0.15, 0.2) is 0 Å². The first-order valence-electron chi connectivity index (χ1n) is 7.03. The van der Waals surface area contributed by atoms with Gasteiger partial charge in [0.2, 0.25) is 5.95 Å². The zero-order valence-corrected chi connectivity index (χ0v) is 12.2. The third kappa shape index (κ3) is 3.66. The van der Waals surface area contributed by atoms with Crippen LogP contribution in [0.25, 0.3) is 11.4 Å². The summed E-state index contributed by atoms with van der Waals surface area (Å²) in [5.74, 6) is 1.45. The second kappa shape index (κ2) is 6.84. The molecule has 20 heavy (non-hydrogen) atoms. The van der Waals surface area contributed by atoms with Crippen molar-refractivity contribution >= 4 is 11.8 Å². The zero-order valence-electron chi connectivity index (χ0n) is 12.2. The van der Waals surface area contributed by atoms with Gasteiger partial charge in [-0.1, -0.05) is 13.0 Å². The molecule has 2 rings (SSSR count). The molecule has 0 bridgehead atoms. The fourth-order valence-corrected chi connectivity index (χ4v) is 1.75. The van der Waals surface area contributed by atoms with Crippen LogP contribution in [0.3, 0.4) is 0 Å². The average molecular weight is 271 g/mol. The van der Waals surface area contributed by atoms with Crippen molar-refractivity contribution in [1.29, 1.82) is 0 Å². The lowest BCUT2D eigenvalue weighted by molar-refractivity contribution is 0.753. The number of pyridine rings is 1. The average Bonchev–Trinajstić information content (AvgIpc) is 2.48. The Labute approximate surface area is 119 Å². The molecule has 0 amide bonds. The van der Waals surface area contributed by atoms with Crippen LogP contribution in [0, 0.1) is 0 Å². The Kier molecular flexibility index (Phi) is 4.87. The normalized spacial score (nSPS) is 11.9. The molecule has 0 unspecified atom stereocenters. The van der Waals surface area contributed by atoms with Crippen molar-refractivity contribution in [2.75, 3.05) is 17.2 Å². The minimum absolute atomic E-state index is 0.337. The zero-order chi connectivity index (χ0) is 14.4. The fourth-order valence-electron chi connectivity index (χ4n) is 1.75. The first-order valence-corrected chi connectivity index (χ1v) is 7.03. The molecule has 0 saturated heterocycles. The summed E-state index contributed by atoms with van der Waals surface area (Å²) in [4.78, 5) is 13.4. The molecule has 0 aromatic carbocycles. The van der Waals surface area contributed by atoms with E-state index in [-0.39, 0.29) is 0 Å². The van der Waals surface area contributed by atoms with Gasteiger partial charge in [-0.15, -0.1) is 0 Å². The molecule has 5 heteroatoms. The predicted molar refractivity (Wildman–Crippen MR) is 82.8 cm³/mol. The van der Waals surface area contributed by atoms with Gasteiger partial charge in [-0.3, -0.25) is 4.98 Å². The number of anilines is 2. The lowest BCUT2D eigenvalue weighted by Gasteiger charge is -2.13. The van der Waals surface area contributed by atoms with Crippen molar-refractivity contribution in [3.63, 3.8) is 0 Å². The van der Waals surface area contributed by atoms with Crippen molar-refractivity contribution in [2.45, 2.75) is 33.2 Å². The predicted octanol–water partition coefficient (Wildman–Crippen LogP) is 3.18. The molecule has 2 N–H and O–H groups in total. The van der Waals surface area contributed by atoms with Crippen LogP contribution in [0.2, 0.25) is 0 Å². The maximum atomic E-state index is 4.55. The first-order chi connectivity index (χ1) is 9.72. The minimum Gasteiger partial charge on any atom is -0.370 e. The lowest BCUT2D eigenvalue weighted by atomic mass is 10.2. The Hall–Kier alpha value is -2.17. The number of nitrogens with one attached hydrogen (secondary N) is 2. The summed E-state index contributed by atoms with van der Waals surface area (Å²) in [7, 11) is 0. The highest BCUT2D eigenvalue weighted by atomic mass is 15.2. The van der Waals surface area contributed by atoms with E-state index in [1.165, 1.54) is 0 Å². The summed E-state index contributed by atoms with van der Waals surface area (Å²) >= 11 is 0. The Morgan fingerprint density at radius 3 is 2.65 bits per heavy atom. The number of hydrogen-bond donors (Lipinski definition) is 2. The van der Waals surface area contributed by atoms with Crippen LogP contribution in [0.15, 0.2) is 30.5 Å². The van der Waals surface area contributed by atoms with Gasteiger partial charge >= 0.3 is 0 Å². The van der Waals surface area contributed by atoms with Crippen LogP contribution in [0.1, 0.15) is 27.2 Å². The fraction of sp³-hybridized carbons (Fsp3) is 0.400. The highest BCUT2D eigenvalue weighted by Gasteiger charge is 2.08. The Morgan fingerprint density at radius 1 is 1.15 bits per heavy atom. The molecule has 0 aliphatic carbocycles. The van der Waals surface area contributed by atoms with E-state index in [1.54, 1.807) is 6.20 Å². The van der Waals surface area contributed by atoms with Crippen LogP contribution in [0.5, 0.6) is 0 Å². The quantitative estimate of drug-likeness (QED) is 0.845. The second-order valence-electron chi connectivity index (χ2n) is 4.66. The summed E-state index contributed by atoms with van der Waals surface area (Å²) in [6, 6.07) is 8.06. The van der Waals surface area contributed by atoms with E-state index in [9.17, 15) is 0 Å². The standard InChI is InChI=1S/C15H21N5/c1-4-11(3)18-15-19-13(10-14(20-15)16-5-2)12-8-6-7-9-17-12/h6-11H,4-5H2,1-3H3,(H2,16,18,19,20)/t11-/m0/s1. The first kappa shape index (κ1) is 14.2. The molecule has 2 aromatic heterocycles. The molecule has 106 valence electrons. The van der Waals surface area contributed by atoms with Gasteiger partial charge in [-0.05, 0) is 32.4 Å². The molecule has 0 spiro atoms. The van der Waals surface area contributed by atoms with E-state index in [2.05, 4.69) is 39.4 Å². The Morgan fingerprint density at radius 2 is 2.00 bits per heavy atom. The van der Waals surface area contributed by atoms with E-state index in [1.807, 2.05) is 31.2 Å². The topological polar surface area (TPSA) is 62.7 Å². The van der Waals surface area contributed by atoms with Gasteiger partial charge < -0.3 is 10.6 Å². The number of rotatable bonds is 6. The van der Waals surface area contributed by atoms with E-state index < -0.39 is 0 Å². The van der Waals surface area contributed by atoms with E-state index in [0.717, 1.165) is 30.2 Å². The van der Waals surface area contributed by atoms with Gasteiger partial charge in [0.25, 0.3) is 0 Å². The summed E-state index contributed by atoms with van der Waals surface area (Å²) < 4.78 is 0. The molecule has 0 saturated carbocycles. The molecule has 5 nitrogen and oxygen atoms in total. The van der Waals surface area contributed by atoms with Crippen molar-refractivity contribution in [2.24, 2.45) is 0 Å². The molecule has 2 aromatic rings. The molecule has 0 radical (unpaired) electrons. The summed E-state index contributed by atoms with van der Waals surface area (Å²) in [5, 5.41) is 6.54. The van der Waals surface area contributed by atoms with Gasteiger partial charge in [0, 0.05) is 24.8 Å². The van der Waals surface area contributed by atoms with E-state index in [4.69, 9.17) is 0 Å². The molecule has 0 fully saturated rings. The molecule has 2 heterocycles. The van der Waals surface area contributed by atoms with Gasteiger partial charge in [-0.25, -0.2) is 4.98 Å². The van der Waals surface area contributed by atoms with Crippen LogP contribution in [-0.2, 0) is 0 Å². The third-order valence-electron chi connectivity index (χ3n) is 3.00. The summed E-state index contributed by atoms with van der Waals surface area (Å²) in [6.07, 6.45) is 2.79. The van der Waals surface area contributed by atoms with Gasteiger partial charge in [-0.2, -0.15) is 4.98 Å². The SMILES string of the molecule is CCNc1cc(-c2ccccn2)nc(N[C@@H](C)CC)n1. The highest BCUT2D eigenvalue weighted by molar-refractivity contribution is 5.60.